The van der Waals surface area contributed by atoms with Crippen LogP contribution in [0, 0.1) is 0 Å². The fourth-order valence-corrected chi connectivity index (χ4v) is 1.46. The van der Waals surface area contributed by atoms with Crippen LogP contribution in [0.3, 0.4) is 0 Å². The Morgan fingerprint density at radius 3 is 2.53 bits per heavy atom. The van der Waals surface area contributed by atoms with Crippen molar-refractivity contribution < 1.29 is 0 Å². The van der Waals surface area contributed by atoms with Crippen molar-refractivity contribution in [2.24, 2.45) is 0 Å². The van der Waals surface area contributed by atoms with Crippen molar-refractivity contribution >= 4 is 0 Å². The van der Waals surface area contributed by atoms with Crippen LogP contribution in [0.4, 0.5) is 0 Å². The van der Waals surface area contributed by atoms with Crippen LogP contribution in [0.25, 0.3) is 11.3 Å². The molecule has 0 spiro atoms. The molecule has 0 amide bonds. The van der Waals surface area contributed by atoms with E-state index in [0.717, 1.165) is 17.7 Å². The van der Waals surface area contributed by atoms with Crippen molar-refractivity contribution in [2.45, 2.75) is 13.3 Å². The molecule has 0 unspecified atom stereocenters. The predicted octanol–water partition coefficient (Wildman–Crippen LogP) is 2.00. The first-order valence-corrected chi connectivity index (χ1v) is 4.94. The quantitative estimate of drug-likeness (QED) is 0.805. The zero-order chi connectivity index (χ0) is 10.7. The first-order chi connectivity index (χ1) is 7.29. The highest BCUT2D eigenvalue weighted by Gasteiger charge is 1.97. The van der Waals surface area contributed by atoms with Gasteiger partial charge in [0.2, 0.25) is 0 Å². The van der Waals surface area contributed by atoms with Gasteiger partial charge in [-0.05, 0) is 23.6 Å². The van der Waals surface area contributed by atoms with Crippen LogP contribution >= 0.6 is 0 Å². The number of aromatic amines is 1. The average Bonchev–Trinajstić information content (AvgIpc) is 2.29. The summed E-state index contributed by atoms with van der Waals surface area (Å²) in [5, 5.41) is 0. The van der Waals surface area contributed by atoms with Crippen LogP contribution in [0.15, 0.2) is 41.3 Å². The van der Waals surface area contributed by atoms with E-state index in [1.807, 2.05) is 12.1 Å². The molecule has 1 aromatic carbocycles. The monoisotopic (exact) mass is 200 g/mol. The zero-order valence-corrected chi connectivity index (χ0v) is 8.53. The Hall–Kier alpha value is -1.90. The summed E-state index contributed by atoms with van der Waals surface area (Å²) in [6, 6.07) is 9.93. The van der Waals surface area contributed by atoms with Gasteiger partial charge in [0.1, 0.15) is 0 Å². The van der Waals surface area contributed by atoms with E-state index in [1.54, 1.807) is 6.07 Å². The van der Waals surface area contributed by atoms with Gasteiger partial charge in [-0.3, -0.25) is 0 Å². The van der Waals surface area contributed by atoms with E-state index in [0.29, 0.717) is 0 Å². The normalized spacial score (nSPS) is 10.2. The Bertz CT molecular complexity index is 500. The summed E-state index contributed by atoms with van der Waals surface area (Å²) in [6.45, 7) is 2.11. The molecule has 0 radical (unpaired) electrons. The molecular formula is C12H12N2O. The third-order valence-corrected chi connectivity index (χ3v) is 2.35. The third-order valence-electron chi connectivity index (χ3n) is 2.35. The van der Waals surface area contributed by atoms with Crippen molar-refractivity contribution in [3.8, 4) is 11.3 Å². The lowest BCUT2D eigenvalue weighted by molar-refractivity contribution is 1.08. The highest BCUT2D eigenvalue weighted by molar-refractivity contribution is 5.58. The van der Waals surface area contributed by atoms with Gasteiger partial charge in [-0.2, -0.15) is 0 Å². The molecule has 0 atom stereocenters. The molecule has 0 saturated heterocycles. The van der Waals surface area contributed by atoms with Gasteiger partial charge in [0, 0.05) is 6.20 Å². The lowest BCUT2D eigenvalue weighted by Gasteiger charge is -2.01. The van der Waals surface area contributed by atoms with E-state index in [2.05, 4.69) is 29.0 Å². The largest absolute Gasteiger partial charge is 0.345 e. The van der Waals surface area contributed by atoms with Crippen LogP contribution in [0.2, 0.25) is 0 Å². The van der Waals surface area contributed by atoms with E-state index in [9.17, 15) is 4.79 Å². The topological polar surface area (TPSA) is 45.8 Å². The second-order valence-corrected chi connectivity index (χ2v) is 3.34. The number of hydrogen-bond acceptors (Lipinski definition) is 2. The summed E-state index contributed by atoms with van der Waals surface area (Å²) in [5.74, 6) is 0. The zero-order valence-electron chi connectivity index (χ0n) is 8.53. The van der Waals surface area contributed by atoms with Gasteiger partial charge in [0.05, 0.1) is 5.69 Å². The number of aryl methyl sites for hydroxylation is 1. The number of benzene rings is 1. The van der Waals surface area contributed by atoms with Crippen LogP contribution in [0.5, 0.6) is 0 Å². The number of H-pyrrole nitrogens is 1. The molecule has 0 saturated carbocycles. The van der Waals surface area contributed by atoms with E-state index < -0.39 is 0 Å². The first-order valence-electron chi connectivity index (χ1n) is 4.94. The average molecular weight is 200 g/mol. The van der Waals surface area contributed by atoms with Gasteiger partial charge in [-0.25, -0.2) is 9.78 Å². The highest BCUT2D eigenvalue weighted by atomic mass is 16.1. The van der Waals surface area contributed by atoms with Crippen LogP contribution < -0.4 is 5.69 Å². The summed E-state index contributed by atoms with van der Waals surface area (Å²) in [4.78, 5) is 17.3. The Kier molecular flexibility index (Phi) is 2.63. The predicted molar refractivity (Wildman–Crippen MR) is 59.7 cm³/mol. The minimum absolute atomic E-state index is 0.313. The molecule has 2 rings (SSSR count). The van der Waals surface area contributed by atoms with Gasteiger partial charge < -0.3 is 4.98 Å². The van der Waals surface area contributed by atoms with E-state index >= 15 is 0 Å². The smallest absolute Gasteiger partial charge is 0.305 e. The van der Waals surface area contributed by atoms with E-state index in [-0.39, 0.29) is 5.69 Å². The lowest BCUT2D eigenvalue weighted by atomic mass is 10.1. The minimum Gasteiger partial charge on any atom is -0.305 e. The number of rotatable bonds is 2. The molecule has 3 heteroatoms. The lowest BCUT2D eigenvalue weighted by Crippen LogP contribution is -2.09. The van der Waals surface area contributed by atoms with E-state index in [4.69, 9.17) is 0 Å². The molecule has 15 heavy (non-hydrogen) atoms. The molecule has 1 N–H and O–H groups in total. The second kappa shape index (κ2) is 4.09. The summed E-state index contributed by atoms with van der Waals surface area (Å²) in [5.41, 5.74) is 2.78. The molecule has 0 bridgehead atoms. The maximum Gasteiger partial charge on any atom is 0.345 e. The van der Waals surface area contributed by atoms with Crippen molar-refractivity contribution in [3.63, 3.8) is 0 Å². The van der Waals surface area contributed by atoms with Gasteiger partial charge in [-0.15, -0.1) is 0 Å². The van der Waals surface area contributed by atoms with Crippen LogP contribution in [-0.4, -0.2) is 9.97 Å². The molecule has 0 aliphatic carbocycles. The highest BCUT2D eigenvalue weighted by Crippen LogP contribution is 2.15. The summed E-state index contributed by atoms with van der Waals surface area (Å²) in [7, 11) is 0. The van der Waals surface area contributed by atoms with Crippen molar-refractivity contribution in [1.82, 2.24) is 9.97 Å². The number of aromatic nitrogens is 2. The van der Waals surface area contributed by atoms with Crippen molar-refractivity contribution in [2.75, 3.05) is 0 Å². The summed E-state index contributed by atoms with van der Waals surface area (Å²) < 4.78 is 0. The summed E-state index contributed by atoms with van der Waals surface area (Å²) >= 11 is 0. The minimum atomic E-state index is -0.313. The first kappa shape index (κ1) is 9.65. The maximum atomic E-state index is 11.0. The Balaban J connectivity index is 2.41. The number of nitrogens with zero attached hydrogens (tertiary/aromatic N) is 1. The molecule has 0 aliphatic rings. The maximum absolute atomic E-state index is 11.0. The van der Waals surface area contributed by atoms with Crippen molar-refractivity contribution in [1.29, 1.82) is 0 Å². The SMILES string of the molecule is CCc1ccc(-c2ccnc(=O)[nH]2)cc1. The molecule has 0 aliphatic heterocycles. The third kappa shape index (κ3) is 2.13. The molecule has 0 fully saturated rings. The van der Waals surface area contributed by atoms with E-state index in [1.165, 1.54) is 11.8 Å². The molecular weight excluding hydrogens is 188 g/mol. The Morgan fingerprint density at radius 1 is 1.20 bits per heavy atom. The summed E-state index contributed by atoms with van der Waals surface area (Å²) in [6.07, 6.45) is 2.54. The van der Waals surface area contributed by atoms with Gasteiger partial charge in [0.15, 0.2) is 0 Å². The Morgan fingerprint density at radius 2 is 1.93 bits per heavy atom. The van der Waals surface area contributed by atoms with Gasteiger partial charge in [0.25, 0.3) is 0 Å². The molecule has 76 valence electrons. The number of hydrogen-bond donors (Lipinski definition) is 1. The number of nitrogens with one attached hydrogen (secondary N) is 1. The molecule has 1 aromatic heterocycles. The van der Waals surface area contributed by atoms with Crippen LogP contribution in [-0.2, 0) is 6.42 Å². The standard InChI is InChI=1S/C12H12N2O/c1-2-9-3-5-10(6-4-9)11-7-8-13-12(15)14-11/h3-8H,2H2,1H3,(H,13,14,15). The van der Waals surface area contributed by atoms with Crippen molar-refractivity contribution in [3.05, 3.63) is 52.6 Å². The molecule has 1 heterocycles. The van der Waals surface area contributed by atoms with Gasteiger partial charge >= 0.3 is 5.69 Å². The molecule has 3 nitrogen and oxygen atoms in total. The second-order valence-electron chi connectivity index (χ2n) is 3.34. The van der Waals surface area contributed by atoms with Crippen LogP contribution in [0.1, 0.15) is 12.5 Å². The Labute approximate surface area is 87.8 Å². The molecule has 2 aromatic rings. The van der Waals surface area contributed by atoms with Gasteiger partial charge in [-0.1, -0.05) is 31.2 Å². The fraction of sp³-hybridized carbons (Fsp3) is 0.167. The fourth-order valence-electron chi connectivity index (χ4n) is 1.46.